The summed E-state index contributed by atoms with van der Waals surface area (Å²) in [6.45, 7) is 3.35. The fourth-order valence-corrected chi connectivity index (χ4v) is 2.27. The molecular weight excluding hydrogens is 256 g/mol. The molecule has 1 amide bonds. The molecule has 5 heteroatoms. The van der Waals surface area contributed by atoms with Gasteiger partial charge in [0, 0.05) is 25.4 Å². The van der Waals surface area contributed by atoms with E-state index in [-0.39, 0.29) is 18.5 Å². The number of amides is 1. The van der Waals surface area contributed by atoms with Crippen LogP contribution in [0.25, 0.3) is 0 Å². The lowest BCUT2D eigenvalue weighted by molar-refractivity contribution is -0.131. The highest BCUT2D eigenvalue weighted by molar-refractivity contribution is 5.89. The molecule has 0 N–H and O–H groups in total. The second-order valence-electron chi connectivity index (χ2n) is 5.08. The topological polar surface area (TPSA) is 59.5 Å². The summed E-state index contributed by atoms with van der Waals surface area (Å²) in [7, 11) is 0. The molecule has 1 aliphatic heterocycles. The molecule has 108 valence electrons. The summed E-state index contributed by atoms with van der Waals surface area (Å²) in [6, 6.07) is 1.74. The first-order chi connectivity index (χ1) is 9.66. The van der Waals surface area contributed by atoms with Crippen molar-refractivity contribution < 1.29 is 14.3 Å². The van der Waals surface area contributed by atoms with Gasteiger partial charge in [-0.25, -0.2) is 4.79 Å². The van der Waals surface area contributed by atoms with Gasteiger partial charge in [0.15, 0.2) is 0 Å². The van der Waals surface area contributed by atoms with Crippen LogP contribution in [0.3, 0.4) is 0 Å². The average Bonchev–Trinajstić information content (AvgIpc) is 2.64. The number of carbonyl (C=O) groups is 2. The van der Waals surface area contributed by atoms with E-state index in [2.05, 4.69) is 4.98 Å². The summed E-state index contributed by atoms with van der Waals surface area (Å²) >= 11 is 0. The molecule has 1 saturated heterocycles. The first-order valence-electron chi connectivity index (χ1n) is 7.03. The second kappa shape index (κ2) is 7.03. The van der Waals surface area contributed by atoms with Crippen LogP contribution in [0, 0.1) is 6.92 Å². The van der Waals surface area contributed by atoms with E-state index in [1.807, 2.05) is 6.92 Å². The van der Waals surface area contributed by atoms with E-state index < -0.39 is 0 Å². The number of nitrogens with zero attached hydrogens (tertiary/aromatic N) is 2. The minimum atomic E-state index is -0.386. The zero-order valence-corrected chi connectivity index (χ0v) is 11.8. The molecule has 0 aromatic carbocycles. The molecule has 1 fully saturated rings. The highest BCUT2D eigenvalue weighted by Gasteiger charge is 2.17. The molecule has 0 unspecified atom stereocenters. The lowest BCUT2D eigenvalue weighted by Gasteiger charge is -2.20. The maximum absolute atomic E-state index is 11.8. The van der Waals surface area contributed by atoms with Gasteiger partial charge >= 0.3 is 5.97 Å². The van der Waals surface area contributed by atoms with Gasteiger partial charge in [0.05, 0.1) is 12.1 Å². The van der Waals surface area contributed by atoms with Gasteiger partial charge in [-0.1, -0.05) is 6.42 Å². The fraction of sp³-hybridized carbons (Fsp3) is 0.533. The molecule has 0 saturated carbocycles. The number of carbonyl (C=O) groups excluding carboxylic acids is 2. The van der Waals surface area contributed by atoms with Crippen LogP contribution in [-0.2, 0) is 9.53 Å². The van der Waals surface area contributed by atoms with E-state index in [0.717, 1.165) is 31.4 Å². The molecule has 0 aliphatic carbocycles. The van der Waals surface area contributed by atoms with Crippen molar-refractivity contribution in [3.63, 3.8) is 0 Å². The Labute approximate surface area is 118 Å². The quantitative estimate of drug-likeness (QED) is 0.789. The van der Waals surface area contributed by atoms with Crippen LogP contribution in [0.5, 0.6) is 0 Å². The van der Waals surface area contributed by atoms with Crippen LogP contribution in [0.2, 0.25) is 0 Å². The highest BCUT2D eigenvalue weighted by Crippen LogP contribution is 2.11. The highest BCUT2D eigenvalue weighted by atomic mass is 16.5. The number of ether oxygens (including phenoxy) is 1. The van der Waals surface area contributed by atoms with E-state index in [1.54, 1.807) is 17.2 Å². The molecule has 1 aromatic rings. The minimum absolute atomic E-state index is 0.163. The third kappa shape index (κ3) is 4.05. The van der Waals surface area contributed by atoms with Crippen molar-refractivity contribution in [2.24, 2.45) is 0 Å². The van der Waals surface area contributed by atoms with Crippen molar-refractivity contribution in [2.45, 2.75) is 32.6 Å². The Balaban J connectivity index is 1.80. The Morgan fingerprint density at radius 1 is 1.35 bits per heavy atom. The Bertz CT molecular complexity index is 488. The van der Waals surface area contributed by atoms with E-state index in [9.17, 15) is 9.59 Å². The Morgan fingerprint density at radius 3 is 3.00 bits per heavy atom. The number of aryl methyl sites for hydroxylation is 1. The van der Waals surface area contributed by atoms with Gasteiger partial charge in [-0.3, -0.25) is 9.78 Å². The lowest BCUT2D eigenvalue weighted by atomic mass is 10.2. The van der Waals surface area contributed by atoms with Crippen molar-refractivity contribution in [2.75, 3.05) is 19.7 Å². The van der Waals surface area contributed by atoms with Crippen molar-refractivity contribution >= 4 is 11.9 Å². The molecule has 0 radical (unpaired) electrons. The van der Waals surface area contributed by atoms with E-state index in [1.165, 1.54) is 6.20 Å². The molecule has 2 rings (SSSR count). The SMILES string of the molecule is Cc1cncc(C(=O)OCCN2CCCCCC2=O)c1. The monoisotopic (exact) mass is 276 g/mol. The van der Waals surface area contributed by atoms with Gasteiger partial charge in [0.1, 0.15) is 6.61 Å². The third-order valence-electron chi connectivity index (χ3n) is 3.38. The number of rotatable bonds is 4. The smallest absolute Gasteiger partial charge is 0.339 e. The zero-order valence-electron chi connectivity index (χ0n) is 11.8. The molecule has 1 aromatic heterocycles. The van der Waals surface area contributed by atoms with Crippen molar-refractivity contribution in [1.29, 1.82) is 0 Å². The van der Waals surface area contributed by atoms with Crippen LogP contribution in [0.4, 0.5) is 0 Å². The maximum atomic E-state index is 11.8. The molecule has 0 spiro atoms. The summed E-state index contributed by atoms with van der Waals surface area (Å²) in [5, 5.41) is 0. The van der Waals surface area contributed by atoms with Crippen LogP contribution in [-0.4, -0.2) is 41.5 Å². The number of esters is 1. The van der Waals surface area contributed by atoms with Gasteiger partial charge < -0.3 is 9.64 Å². The fourth-order valence-electron chi connectivity index (χ4n) is 2.27. The second-order valence-corrected chi connectivity index (χ2v) is 5.08. The van der Waals surface area contributed by atoms with Crippen LogP contribution in [0.15, 0.2) is 18.5 Å². The van der Waals surface area contributed by atoms with Gasteiger partial charge in [0.25, 0.3) is 0 Å². The molecule has 1 aliphatic rings. The molecule has 20 heavy (non-hydrogen) atoms. The maximum Gasteiger partial charge on any atom is 0.339 e. The lowest BCUT2D eigenvalue weighted by Crippen LogP contribution is -2.33. The summed E-state index contributed by atoms with van der Waals surface area (Å²) in [5.41, 5.74) is 1.37. The summed E-state index contributed by atoms with van der Waals surface area (Å²) < 4.78 is 5.20. The summed E-state index contributed by atoms with van der Waals surface area (Å²) in [5.74, 6) is -0.223. The predicted octanol–water partition coefficient (Wildman–Crippen LogP) is 1.95. The molecule has 5 nitrogen and oxygen atoms in total. The Hall–Kier alpha value is -1.91. The third-order valence-corrected chi connectivity index (χ3v) is 3.38. The van der Waals surface area contributed by atoms with Gasteiger partial charge in [0.2, 0.25) is 5.91 Å². The van der Waals surface area contributed by atoms with Gasteiger partial charge in [-0.2, -0.15) is 0 Å². The minimum Gasteiger partial charge on any atom is -0.460 e. The molecule has 0 atom stereocenters. The molecule has 2 heterocycles. The number of hydrogen-bond donors (Lipinski definition) is 0. The number of likely N-dealkylation sites (tertiary alicyclic amines) is 1. The summed E-state index contributed by atoms with van der Waals surface area (Å²) in [4.78, 5) is 29.4. The standard InChI is InChI=1S/C15H20N2O3/c1-12-9-13(11-16-10-12)15(19)20-8-7-17-6-4-2-3-5-14(17)18/h9-11H,2-8H2,1H3. The van der Waals surface area contributed by atoms with E-state index in [0.29, 0.717) is 18.5 Å². The first kappa shape index (κ1) is 14.5. The zero-order chi connectivity index (χ0) is 14.4. The van der Waals surface area contributed by atoms with E-state index in [4.69, 9.17) is 4.74 Å². The van der Waals surface area contributed by atoms with Crippen molar-refractivity contribution in [3.05, 3.63) is 29.6 Å². The summed E-state index contributed by atoms with van der Waals surface area (Å²) in [6.07, 6.45) is 6.87. The largest absolute Gasteiger partial charge is 0.460 e. The predicted molar refractivity (Wildman–Crippen MR) is 74.3 cm³/mol. The van der Waals surface area contributed by atoms with Crippen molar-refractivity contribution in [3.8, 4) is 0 Å². The van der Waals surface area contributed by atoms with Gasteiger partial charge in [-0.15, -0.1) is 0 Å². The van der Waals surface area contributed by atoms with Crippen LogP contribution >= 0.6 is 0 Å². The number of hydrogen-bond acceptors (Lipinski definition) is 4. The van der Waals surface area contributed by atoms with Gasteiger partial charge in [-0.05, 0) is 31.4 Å². The number of aromatic nitrogens is 1. The normalized spacial score (nSPS) is 15.8. The number of pyridine rings is 1. The first-order valence-corrected chi connectivity index (χ1v) is 7.03. The Kier molecular flexibility index (Phi) is 5.09. The van der Waals surface area contributed by atoms with Crippen LogP contribution in [0.1, 0.15) is 41.6 Å². The van der Waals surface area contributed by atoms with E-state index >= 15 is 0 Å². The Morgan fingerprint density at radius 2 is 2.20 bits per heavy atom. The van der Waals surface area contributed by atoms with Crippen LogP contribution < -0.4 is 0 Å². The average molecular weight is 276 g/mol. The molecular formula is C15H20N2O3. The molecule has 0 bridgehead atoms. The van der Waals surface area contributed by atoms with Crippen molar-refractivity contribution in [1.82, 2.24) is 9.88 Å².